The van der Waals surface area contributed by atoms with Gasteiger partial charge in [0.1, 0.15) is 25.9 Å². The van der Waals surface area contributed by atoms with Crippen molar-refractivity contribution in [3.05, 3.63) is 93.3 Å². The van der Waals surface area contributed by atoms with Gasteiger partial charge >= 0.3 is 5.69 Å². The van der Waals surface area contributed by atoms with E-state index in [-0.39, 0.29) is 12.2 Å². The number of aryl methyl sites for hydroxylation is 1. The molecule has 3 aromatic rings. The van der Waals surface area contributed by atoms with Crippen LogP contribution in [0.4, 0.5) is 0 Å². The molecule has 1 N–H and O–H groups in total. The molecular formula is C31H38N3O6PSi. The molecule has 0 spiro atoms. The third-order valence-electron chi connectivity index (χ3n) is 9.76. The van der Waals surface area contributed by atoms with Gasteiger partial charge in [-0.05, 0) is 32.2 Å². The van der Waals surface area contributed by atoms with Crippen LogP contribution in [0.2, 0.25) is 12.6 Å². The number of nitrogens with one attached hydrogen (secondary N) is 1. The van der Waals surface area contributed by atoms with Crippen molar-refractivity contribution in [1.29, 1.82) is 0 Å². The first-order chi connectivity index (χ1) is 20.3. The van der Waals surface area contributed by atoms with Gasteiger partial charge in [-0.3, -0.25) is 14.3 Å². The summed E-state index contributed by atoms with van der Waals surface area (Å²) in [6, 6.07) is 23.1. The van der Waals surface area contributed by atoms with Crippen molar-refractivity contribution in [3.8, 4) is 0 Å². The summed E-state index contributed by atoms with van der Waals surface area (Å²) in [5.74, 6) is 0. The summed E-state index contributed by atoms with van der Waals surface area (Å²) >= 11 is 0. The lowest BCUT2D eigenvalue weighted by molar-refractivity contribution is -0.175. The first-order valence-electron chi connectivity index (χ1n) is 15.0. The lowest BCUT2D eigenvalue weighted by Gasteiger charge is -2.32. The second-order valence-corrected chi connectivity index (χ2v) is 17.9. The topological polar surface area (TPSA) is 95.0 Å². The van der Waals surface area contributed by atoms with Gasteiger partial charge in [0.05, 0.1) is 12.7 Å². The molecule has 222 valence electrons. The van der Waals surface area contributed by atoms with Crippen molar-refractivity contribution in [1.82, 2.24) is 14.2 Å². The molecule has 0 radical (unpaired) electrons. The van der Waals surface area contributed by atoms with Crippen LogP contribution in [0.1, 0.15) is 38.0 Å². The quantitative estimate of drug-likeness (QED) is 0.310. The molecule has 2 bridgehead atoms. The van der Waals surface area contributed by atoms with Gasteiger partial charge in [0, 0.05) is 24.3 Å². The highest BCUT2D eigenvalue weighted by Gasteiger charge is 2.64. The molecule has 7 rings (SSSR count). The number of nitrogens with zero attached hydrogens (tertiary/aromatic N) is 2. The predicted octanol–water partition coefficient (Wildman–Crippen LogP) is 3.29. The number of aromatic nitrogens is 2. The normalized spacial score (nSPS) is 32.5. The summed E-state index contributed by atoms with van der Waals surface area (Å²) in [5.41, 5.74) is -1.15. The highest BCUT2D eigenvalue weighted by Crippen LogP contribution is 2.61. The van der Waals surface area contributed by atoms with Gasteiger partial charge in [-0.15, -0.1) is 0 Å². The van der Waals surface area contributed by atoms with Crippen LogP contribution < -0.4 is 21.6 Å². The van der Waals surface area contributed by atoms with E-state index in [2.05, 4.69) is 83.8 Å². The van der Waals surface area contributed by atoms with Crippen molar-refractivity contribution >= 4 is 27.0 Å². The molecule has 4 aliphatic rings. The minimum absolute atomic E-state index is 0.0643. The maximum Gasteiger partial charge on any atom is 0.330 e. The molecule has 1 aromatic heterocycles. The molecule has 0 aliphatic carbocycles. The number of rotatable bonds is 8. The zero-order valence-electron chi connectivity index (χ0n) is 24.3. The van der Waals surface area contributed by atoms with Gasteiger partial charge < -0.3 is 18.5 Å². The van der Waals surface area contributed by atoms with Crippen LogP contribution in [0, 0.1) is 6.92 Å². The summed E-state index contributed by atoms with van der Waals surface area (Å²) in [7, 11) is -3.46. The lowest BCUT2D eigenvalue weighted by Crippen LogP contribution is -2.58. The third-order valence-corrected chi connectivity index (χ3v) is 16.0. The van der Waals surface area contributed by atoms with E-state index in [4.69, 9.17) is 18.5 Å². The fourth-order valence-corrected chi connectivity index (χ4v) is 13.3. The molecule has 11 heteroatoms. The second kappa shape index (κ2) is 10.9. The Balaban J connectivity index is 1.16. The van der Waals surface area contributed by atoms with Crippen LogP contribution in [0.3, 0.4) is 0 Å². The number of ether oxygens (including phenoxy) is 2. The number of aromatic amines is 1. The number of benzene rings is 2. The smallest absolute Gasteiger partial charge is 0.330 e. The van der Waals surface area contributed by atoms with Crippen molar-refractivity contribution in [2.24, 2.45) is 0 Å². The summed E-state index contributed by atoms with van der Waals surface area (Å²) < 4.78 is 30.5. The van der Waals surface area contributed by atoms with E-state index in [1.54, 1.807) is 13.1 Å². The first-order valence-corrected chi connectivity index (χ1v) is 18.8. The van der Waals surface area contributed by atoms with Crippen LogP contribution in [-0.4, -0.2) is 65.4 Å². The van der Waals surface area contributed by atoms with Gasteiger partial charge in [-0.1, -0.05) is 84.5 Å². The van der Waals surface area contributed by atoms with Crippen molar-refractivity contribution in [3.63, 3.8) is 0 Å². The second-order valence-electron chi connectivity index (χ2n) is 12.2. The number of fused-ring (bicyclic) bond motifs is 3. The maximum absolute atomic E-state index is 12.8. The Bertz CT molecular complexity index is 1510. The zero-order chi connectivity index (χ0) is 29.1. The van der Waals surface area contributed by atoms with E-state index in [0.29, 0.717) is 24.6 Å². The Morgan fingerprint density at radius 1 is 1.10 bits per heavy atom. The summed E-state index contributed by atoms with van der Waals surface area (Å²) in [6.45, 7) is 7.54. The maximum atomic E-state index is 12.8. The van der Waals surface area contributed by atoms with E-state index in [1.807, 2.05) is 0 Å². The molecule has 0 saturated carbocycles. The van der Waals surface area contributed by atoms with Gasteiger partial charge in [0.25, 0.3) is 14.1 Å². The van der Waals surface area contributed by atoms with Crippen LogP contribution in [0.25, 0.3) is 0 Å². The Morgan fingerprint density at radius 2 is 1.79 bits per heavy atom. The fraction of sp³-hybridized carbons (Fsp3) is 0.484. The Labute approximate surface area is 247 Å². The van der Waals surface area contributed by atoms with Gasteiger partial charge in [0.15, 0.2) is 6.23 Å². The van der Waals surface area contributed by atoms with Crippen LogP contribution in [-0.2, 0) is 18.5 Å². The minimum atomic E-state index is -2.12. The lowest BCUT2D eigenvalue weighted by atomic mass is 9.96. The molecule has 5 heterocycles. The molecule has 9 nitrogen and oxygen atoms in total. The highest BCUT2D eigenvalue weighted by atomic mass is 31.2. The minimum Gasteiger partial charge on any atom is -0.368 e. The summed E-state index contributed by atoms with van der Waals surface area (Å²) in [6.07, 6.45) is 2.96. The fourth-order valence-electron chi connectivity index (χ4n) is 7.26. The average Bonchev–Trinajstić information content (AvgIpc) is 3.77. The van der Waals surface area contributed by atoms with E-state index in [9.17, 15) is 9.59 Å². The standard InChI is InChI=1S/C31H38N3O6PSi/c1-4-31-20-37-26(29(38-31)33-18-21(2)28(35)32-30(33)36)27(31)40-41-34-17-11-16-24(34)25(39-41)19-42(3,22-12-7-5-8-13-22)23-14-9-6-10-15-23/h5-10,12-15,18,24-27,29H,4,11,16-17,19-20H2,1-3H3,(H,32,35,36)/t24-,25+,26?,27+,29+,31-,41+/m0/s1. The van der Waals surface area contributed by atoms with E-state index < -0.39 is 45.8 Å². The van der Waals surface area contributed by atoms with Crippen LogP contribution >= 0.6 is 8.53 Å². The largest absolute Gasteiger partial charge is 0.368 e. The van der Waals surface area contributed by atoms with E-state index in [0.717, 1.165) is 25.4 Å². The molecule has 0 amide bonds. The molecule has 4 saturated heterocycles. The monoisotopic (exact) mass is 607 g/mol. The summed E-state index contributed by atoms with van der Waals surface area (Å²) in [5, 5.41) is 2.82. The van der Waals surface area contributed by atoms with Crippen molar-refractivity contribution < 1.29 is 18.5 Å². The number of hydrogen-bond donors (Lipinski definition) is 1. The molecule has 42 heavy (non-hydrogen) atoms. The molecular weight excluding hydrogens is 569 g/mol. The average molecular weight is 608 g/mol. The van der Waals surface area contributed by atoms with E-state index in [1.165, 1.54) is 14.9 Å². The zero-order valence-corrected chi connectivity index (χ0v) is 26.2. The highest BCUT2D eigenvalue weighted by molar-refractivity contribution is 7.45. The molecule has 1 unspecified atom stereocenters. The number of hydrogen-bond acceptors (Lipinski definition) is 7. The Kier molecular flexibility index (Phi) is 7.38. The molecule has 7 atom stereocenters. The Hall–Kier alpha value is -2.43. The van der Waals surface area contributed by atoms with Crippen LogP contribution in [0.15, 0.2) is 76.4 Å². The van der Waals surface area contributed by atoms with Gasteiger partial charge in [-0.2, -0.15) is 0 Å². The first kappa shape index (κ1) is 28.3. The van der Waals surface area contributed by atoms with Gasteiger partial charge in [0.2, 0.25) is 0 Å². The third kappa shape index (κ3) is 4.59. The molecule has 2 aromatic carbocycles. The van der Waals surface area contributed by atoms with Crippen LogP contribution in [0.5, 0.6) is 0 Å². The van der Waals surface area contributed by atoms with Gasteiger partial charge in [-0.25, -0.2) is 9.46 Å². The predicted molar refractivity (Wildman–Crippen MR) is 164 cm³/mol. The summed E-state index contributed by atoms with van der Waals surface area (Å²) in [4.78, 5) is 27.2. The van der Waals surface area contributed by atoms with E-state index >= 15 is 0 Å². The Morgan fingerprint density at radius 3 is 2.45 bits per heavy atom. The number of H-pyrrole nitrogens is 1. The van der Waals surface area contributed by atoms with Crippen molar-refractivity contribution in [2.75, 3.05) is 13.2 Å². The molecule has 4 fully saturated rings. The SMILES string of the molecule is CC[C@@]12COC([C@H](n3cc(C)c(=O)[nH]c3=O)O1)[C@H]2O[P@@]1O[C@H](C[Si](C)(c2ccccc2)c2ccccc2)[C@@H]2CCCN21. The molecule has 4 aliphatic heterocycles. The van der Waals surface area contributed by atoms with Crippen molar-refractivity contribution in [2.45, 2.75) is 81.9 Å².